The van der Waals surface area contributed by atoms with Crippen molar-refractivity contribution in [3.05, 3.63) is 0 Å². The molecule has 0 spiro atoms. The summed E-state index contributed by atoms with van der Waals surface area (Å²) in [5.41, 5.74) is 0.559. The first kappa shape index (κ1) is 15.8. The number of hydrogen-bond acceptors (Lipinski definition) is 1. The number of thioether (sulfide) groups is 1. The molecular formula is C13H27BrS. The summed E-state index contributed by atoms with van der Waals surface area (Å²) < 4.78 is 0. The molecule has 0 atom stereocenters. The van der Waals surface area contributed by atoms with Gasteiger partial charge in [-0.2, -0.15) is 11.8 Å². The Hall–Kier alpha value is 0.830. The second-order valence-corrected chi connectivity index (χ2v) is 6.63. The van der Waals surface area contributed by atoms with Crippen molar-refractivity contribution in [1.82, 2.24) is 0 Å². The molecule has 0 fully saturated rings. The van der Waals surface area contributed by atoms with Crippen molar-refractivity contribution in [2.75, 3.05) is 16.8 Å². The van der Waals surface area contributed by atoms with E-state index in [2.05, 4.69) is 55.4 Å². The van der Waals surface area contributed by atoms with Crippen molar-refractivity contribution in [2.24, 2.45) is 11.3 Å². The van der Waals surface area contributed by atoms with E-state index in [1.165, 1.54) is 42.5 Å². The van der Waals surface area contributed by atoms with Crippen LogP contribution in [0.25, 0.3) is 0 Å². The van der Waals surface area contributed by atoms with Gasteiger partial charge in [-0.15, -0.1) is 0 Å². The van der Waals surface area contributed by atoms with Crippen molar-refractivity contribution in [3.8, 4) is 0 Å². The zero-order valence-electron chi connectivity index (χ0n) is 10.8. The van der Waals surface area contributed by atoms with Crippen molar-refractivity contribution in [2.45, 2.75) is 53.4 Å². The van der Waals surface area contributed by atoms with Crippen LogP contribution in [0, 0.1) is 11.3 Å². The maximum Gasteiger partial charge on any atom is 0.00958 e. The average Bonchev–Trinajstić information content (AvgIpc) is 2.17. The van der Waals surface area contributed by atoms with E-state index >= 15 is 0 Å². The fourth-order valence-electron chi connectivity index (χ4n) is 2.01. The number of alkyl halides is 1. The molecule has 0 aliphatic heterocycles. The van der Waals surface area contributed by atoms with Crippen LogP contribution >= 0.6 is 27.7 Å². The van der Waals surface area contributed by atoms with Crippen LogP contribution in [0.15, 0.2) is 0 Å². The average molecular weight is 295 g/mol. The Bertz CT molecular complexity index is 139. The summed E-state index contributed by atoms with van der Waals surface area (Å²) in [6.07, 6.45) is 5.37. The molecule has 0 radical (unpaired) electrons. The SMILES string of the molecule is CCCC(CBr)(CCC)CSCC(C)C. The third kappa shape index (κ3) is 6.88. The molecular weight excluding hydrogens is 268 g/mol. The second kappa shape index (κ2) is 8.92. The van der Waals surface area contributed by atoms with Crippen LogP contribution in [0.4, 0.5) is 0 Å². The van der Waals surface area contributed by atoms with Gasteiger partial charge >= 0.3 is 0 Å². The fraction of sp³-hybridized carbons (Fsp3) is 1.00. The largest absolute Gasteiger partial charge is 0.161 e. The second-order valence-electron chi connectivity index (χ2n) is 5.04. The van der Waals surface area contributed by atoms with E-state index in [4.69, 9.17) is 0 Å². The molecule has 0 bridgehead atoms. The van der Waals surface area contributed by atoms with Crippen LogP contribution in [-0.4, -0.2) is 16.8 Å². The first-order chi connectivity index (χ1) is 7.10. The van der Waals surface area contributed by atoms with E-state index in [9.17, 15) is 0 Å². The van der Waals surface area contributed by atoms with Gasteiger partial charge in [-0.1, -0.05) is 56.5 Å². The highest BCUT2D eigenvalue weighted by molar-refractivity contribution is 9.09. The van der Waals surface area contributed by atoms with Crippen molar-refractivity contribution in [3.63, 3.8) is 0 Å². The lowest BCUT2D eigenvalue weighted by molar-refractivity contribution is 0.320. The van der Waals surface area contributed by atoms with Crippen molar-refractivity contribution in [1.29, 1.82) is 0 Å². The molecule has 15 heavy (non-hydrogen) atoms. The fourth-order valence-corrected chi connectivity index (χ4v) is 4.45. The molecule has 0 saturated carbocycles. The summed E-state index contributed by atoms with van der Waals surface area (Å²) in [4.78, 5) is 0. The molecule has 0 rings (SSSR count). The minimum absolute atomic E-state index is 0.559. The first-order valence-electron chi connectivity index (χ1n) is 6.24. The Morgan fingerprint density at radius 3 is 2.00 bits per heavy atom. The van der Waals surface area contributed by atoms with E-state index in [1.807, 2.05) is 0 Å². The number of halogens is 1. The highest BCUT2D eigenvalue weighted by atomic mass is 79.9. The number of rotatable bonds is 9. The molecule has 0 aromatic carbocycles. The molecule has 0 saturated heterocycles. The predicted octanol–water partition coefficient (Wildman–Crippen LogP) is 5.36. The van der Waals surface area contributed by atoms with Gasteiger partial charge in [-0.25, -0.2) is 0 Å². The van der Waals surface area contributed by atoms with Crippen LogP contribution in [0.3, 0.4) is 0 Å². The van der Waals surface area contributed by atoms with Crippen LogP contribution in [0.5, 0.6) is 0 Å². The third-order valence-corrected chi connectivity index (χ3v) is 5.61. The van der Waals surface area contributed by atoms with Gasteiger partial charge in [0, 0.05) is 5.33 Å². The first-order valence-corrected chi connectivity index (χ1v) is 8.51. The van der Waals surface area contributed by atoms with Crippen LogP contribution in [0.2, 0.25) is 0 Å². The molecule has 0 N–H and O–H groups in total. The van der Waals surface area contributed by atoms with E-state index in [0.29, 0.717) is 5.41 Å². The summed E-state index contributed by atoms with van der Waals surface area (Å²) in [7, 11) is 0. The maximum absolute atomic E-state index is 3.73. The zero-order valence-corrected chi connectivity index (χ0v) is 13.2. The minimum atomic E-state index is 0.559. The van der Waals surface area contributed by atoms with Crippen LogP contribution in [-0.2, 0) is 0 Å². The Kier molecular flexibility index (Phi) is 9.42. The van der Waals surface area contributed by atoms with E-state index in [0.717, 1.165) is 5.92 Å². The van der Waals surface area contributed by atoms with Gasteiger partial charge in [0.05, 0.1) is 0 Å². The van der Waals surface area contributed by atoms with Crippen LogP contribution in [0.1, 0.15) is 53.4 Å². The summed E-state index contributed by atoms with van der Waals surface area (Å²) in [5, 5.41) is 1.17. The Balaban J connectivity index is 4.08. The van der Waals surface area contributed by atoms with Crippen molar-refractivity contribution >= 4 is 27.7 Å². The van der Waals surface area contributed by atoms with Gasteiger partial charge in [0.2, 0.25) is 0 Å². The molecule has 0 amide bonds. The molecule has 0 aromatic rings. The molecule has 0 aliphatic rings. The molecule has 0 aliphatic carbocycles. The van der Waals surface area contributed by atoms with Gasteiger partial charge in [0.15, 0.2) is 0 Å². The molecule has 92 valence electrons. The monoisotopic (exact) mass is 294 g/mol. The zero-order chi connectivity index (χ0) is 11.7. The van der Waals surface area contributed by atoms with Gasteiger partial charge in [0.1, 0.15) is 0 Å². The molecule has 2 heteroatoms. The smallest absolute Gasteiger partial charge is 0.00958 e. The van der Waals surface area contributed by atoms with Crippen molar-refractivity contribution < 1.29 is 0 Å². The van der Waals surface area contributed by atoms with Crippen LogP contribution < -0.4 is 0 Å². The molecule has 0 aromatic heterocycles. The van der Waals surface area contributed by atoms with E-state index < -0.39 is 0 Å². The highest BCUT2D eigenvalue weighted by Crippen LogP contribution is 2.36. The lowest BCUT2D eigenvalue weighted by Gasteiger charge is -2.31. The minimum Gasteiger partial charge on any atom is -0.161 e. The topological polar surface area (TPSA) is 0 Å². The maximum atomic E-state index is 3.73. The molecule has 0 nitrogen and oxygen atoms in total. The summed E-state index contributed by atoms with van der Waals surface area (Å²) in [6.45, 7) is 9.23. The lowest BCUT2D eigenvalue weighted by Crippen LogP contribution is -2.26. The number of hydrogen-bond donors (Lipinski definition) is 0. The normalized spacial score (nSPS) is 12.4. The third-order valence-electron chi connectivity index (χ3n) is 2.70. The Labute approximate surface area is 109 Å². The standard InChI is InChI=1S/C13H27BrS/c1-5-7-13(10-14,8-6-2)11-15-9-12(3)4/h12H,5-11H2,1-4H3. The van der Waals surface area contributed by atoms with Gasteiger partial charge in [-0.05, 0) is 35.7 Å². The Morgan fingerprint density at radius 2 is 1.67 bits per heavy atom. The summed E-state index contributed by atoms with van der Waals surface area (Å²) >= 11 is 5.87. The predicted molar refractivity (Wildman–Crippen MR) is 78.2 cm³/mol. The van der Waals surface area contributed by atoms with E-state index in [-0.39, 0.29) is 0 Å². The molecule has 0 heterocycles. The molecule has 0 unspecified atom stereocenters. The van der Waals surface area contributed by atoms with E-state index in [1.54, 1.807) is 0 Å². The van der Waals surface area contributed by atoms with Gasteiger partial charge in [0.25, 0.3) is 0 Å². The Morgan fingerprint density at radius 1 is 1.13 bits per heavy atom. The summed E-state index contributed by atoms with van der Waals surface area (Å²) in [6, 6.07) is 0. The summed E-state index contributed by atoms with van der Waals surface area (Å²) in [5.74, 6) is 3.46. The lowest BCUT2D eigenvalue weighted by atomic mass is 9.83. The quantitative estimate of drug-likeness (QED) is 0.516. The highest BCUT2D eigenvalue weighted by Gasteiger charge is 2.26. The van der Waals surface area contributed by atoms with Gasteiger partial charge in [-0.3, -0.25) is 0 Å². The van der Waals surface area contributed by atoms with Gasteiger partial charge < -0.3 is 0 Å².